The molecule has 0 aromatic heterocycles. The van der Waals surface area contributed by atoms with Crippen molar-refractivity contribution in [3.8, 4) is 5.75 Å². The standard InChI is InChI=1S/C17H19F2NO/c1-2-20-12-14-7-6-10-16(11-14)21-13-17(18,19)15-8-4-3-5-9-15/h3-11,20H,2,12-13H2,1H3. The minimum atomic E-state index is -3.00. The molecule has 2 nitrogen and oxygen atoms in total. The highest BCUT2D eigenvalue weighted by Gasteiger charge is 2.32. The minimum Gasteiger partial charge on any atom is -0.487 e. The predicted octanol–water partition coefficient (Wildman–Crippen LogP) is 3.97. The first-order valence-corrected chi connectivity index (χ1v) is 6.97. The van der Waals surface area contributed by atoms with Gasteiger partial charge in [0, 0.05) is 12.1 Å². The SMILES string of the molecule is CCNCc1cccc(OCC(F)(F)c2ccccc2)c1. The highest BCUT2D eigenvalue weighted by Crippen LogP contribution is 2.28. The zero-order chi connectivity index (χ0) is 15.1. The van der Waals surface area contributed by atoms with Gasteiger partial charge in [-0.05, 0) is 24.2 Å². The molecule has 4 heteroatoms. The Morgan fingerprint density at radius 1 is 1.05 bits per heavy atom. The second kappa shape index (κ2) is 7.18. The lowest BCUT2D eigenvalue weighted by Gasteiger charge is -2.17. The van der Waals surface area contributed by atoms with Crippen LogP contribution in [0, 0.1) is 0 Å². The van der Waals surface area contributed by atoms with Gasteiger partial charge in [-0.1, -0.05) is 49.4 Å². The first-order valence-electron chi connectivity index (χ1n) is 6.97. The van der Waals surface area contributed by atoms with E-state index in [0.717, 1.165) is 12.1 Å². The molecule has 0 aliphatic heterocycles. The number of hydrogen-bond donors (Lipinski definition) is 1. The lowest BCUT2D eigenvalue weighted by molar-refractivity contribution is -0.0467. The van der Waals surface area contributed by atoms with Crippen molar-refractivity contribution in [2.75, 3.05) is 13.2 Å². The summed E-state index contributed by atoms with van der Waals surface area (Å²) in [4.78, 5) is 0. The maximum atomic E-state index is 14.0. The zero-order valence-electron chi connectivity index (χ0n) is 12.0. The quantitative estimate of drug-likeness (QED) is 0.833. The van der Waals surface area contributed by atoms with Crippen LogP contribution in [0.3, 0.4) is 0 Å². The molecule has 0 bridgehead atoms. The van der Waals surface area contributed by atoms with E-state index in [1.165, 1.54) is 12.1 Å². The topological polar surface area (TPSA) is 21.3 Å². The Kier molecular flexibility index (Phi) is 5.28. The van der Waals surface area contributed by atoms with Crippen LogP contribution in [0.25, 0.3) is 0 Å². The Morgan fingerprint density at radius 2 is 1.81 bits per heavy atom. The second-order valence-electron chi connectivity index (χ2n) is 4.79. The lowest BCUT2D eigenvalue weighted by Crippen LogP contribution is -2.23. The molecule has 21 heavy (non-hydrogen) atoms. The Labute approximate surface area is 123 Å². The maximum absolute atomic E-state index is 14.0. The monoisotopic (exact) mass is 291 g/mol. The van der Waals surface area contributed by atoms with Gasteiger partial charge in [0.25, 0.3) is 0 Å². The van der Waals surface area contributed by atoms with Crippen LogP contribution < -0.4 is 10.1 Å². The largest absolute Gasteiger partial charge is 0.487 e. The normalized spacial score (nSPS) is 11.4. The van der Waals surface area contributed by atoms with Crippen LogP contribution >= 0.6 is 0 Å². The van der Waals surface area contributed by atoms with E-state index in [1.807, 2.05) is 19.1 Å². The average Bonchev–Trinajstić information content (AvgIpc) is 2.52. The van der Waals surface area contributed by atoms with E-state index in [-0.39, 0.29) is 5.56 Å². The van der Waals surface area contributed by atoms with Crippen LogP contribution in [0.4, 0.5) is 8.78 Å². The van der Waals surface area contributed by atoms with E-state index >= 15 is 0 Å². The first kappa shape index (κ1) is 15.4. The van der Waals surface area contributed by atoms with Gasteiger partial charge in [-0.15, -0.1) is 0 Å². The third kappa shape index (κ3) is 4.53. The van der Waals surface area contributed by atoms with E-state index < -0.39 is 12.5 Å². The fourth-order valence-electron chi connectivity index (χ4n) is 1.95. The summed E-state index contributed by atoms with van der Waals surface area (Å²) in [7, 11) is 0. The zero-order valence-corrected chi connectivity index (χ0v) is 12.0. The van der Waals surface area contributed by atoms with Crippen molar-refractivity contribution in [2.45, 2.75) is 19.4 Å². The number of ether oxygens (including phenoxy) is 1. The molecule has 0 aliphatic carbocycles. The molecule has 0 atom stereocenters. The number of rotatable bonds is 7. The van der Waals surface area contributed by atoms with Gasteiger partial charge in [-0.2, -0.15) is 8.78 Å². The number of nitrogens with one attached hydrogen (secondary N) is 1. The van der Waals surface area contributed by atoms with Crippen molar-refractivity contribution < 1.29 is 13.5 Å². The number of benzene rings is 2. The van der Waals surface area contributed by atoms with Gasteiger partial charge in [0.1, 0.15) is 5.75 Å². The van der Waals surface area contributed by atoms with Crippen LogP contribution in [-0.4, -0.2) is 13.2 Å². The average molecular weight is 291 g/mol. The summed E-state index contributed by atoms with van der Waals surface area (Å²) in [6.07, 6.45) is 0. The highest BCUT2D eigenvalue weighted by atomic mass is 19.3. The van der Waals surface area contributed by atoms with Crippen LogP contribution in [0.5, 0.6) is 5.75 Å². The molecule has 0 aliphatic rings. The third-order valence-electron chi connectivity index (χ3n) is 3.09. The Bertz CT molecular complexity index is 558. The molecule has 0 fully saturated rings. The van der Waals surface area contributed by atoms with Crippen molar-refractivity contribution in [1.29, 1.82) is 0 Å². The van der Waals surface area contributed by atoms with Crippen molar-refractivity contribution in [1.82, 2.24) is 5.32 Å². The van der Waals surface area contributed by atoms with Crippen molar-refractivity contribution in [3.05, 3.63) is 65.7 Å². The number of alkyl halides is 2. The van der Waals surface area contributed by atoms with Gasteiger partial charge in [0.05, 0.1) is 0 Å². The van der Waals surface area contributed by atoms with Crippen LogP contribution in [0.1, 0.15) is 18.1 Å². The molecule has 0 heterocycles. The van der Waals surface area contributed by atoms with Crippen molar-refractivity contribution in [2.24, 2.45) is 0 Å². The molecule has 112 valence electrons. The van der Waals surface area contributed by atoms with Crippen LogP contribution in [0.15, 0.2) is 54.6 Å². The number of hydrogen-bond acceptors (Lipinski definition) is 2. The van der Waals surface area contributed by atoms with Gasteiger partial charge >= 0.3 is 5.92 Å². The number of halogens is 2. The summed E-state index contributed by atoms with van der Waals surface area (Å²) in [6.45, 7) is 2.91. The summed E-state index contributed by atoms with van der Waals surface area (Å²) < 4.78 is 33.3. The Balaban J connectivity index is 1.99. The Hall–Kier alpha value is -1.94. The summed E-state index contributed by atoms with van der Waals surface area (Å²) in [5.41, 5.74) is 0.978. The lowest BCUT2D eigenvalue weighted by atomic mass is 10.1. The predicted molar refractivity (Wildman–Crippen MR) is 79.7 cm³/mol. The Morgan fingerprint density at radius 3 is 2.52 bits per heavy atom. The van der Waals surface area contributed by atoms with Crippen molar-refractivity contribution >= 4 is 0 Å². The summed E-state index contributed by atoms with van der Waals surface area (Å²) in [6, 6.07) is 14.9. The molecular formula is C17H19F2NO. The summed E-state index contributed by atoms with van der Waals surface area (Å²) >= 11 is 0. The fourth-order valence-corrected chi connectivity index (χ4v) is 1.95. The fraction of sp³-hybridized carbons (Fsp3) is 0.294. The molecule has 2 rings (SSSR count). The molecule has 0 radical (unpaired) electrons. The summed E-state index contributed by atoms with van der Waals surface area (Å²) in [5, 5.41) is 3.19. The molecule has 2 aromatic carbocycles. The van der Waals surface area contributed by atoms with Gasteiger partial charge in [0.15, 0.2) is 6.61 Å². The molecule has 0 unspecified atom stereocenters. The second-order valence-corrected chi connectivity index (χ2v) is 4.79. The summed E-state index contributed by atoms with van der Waals surface area (Å²) in [5.74, 6) is -2.54. The molecular weight excluding hydrogens is 272 g/mol. The van der Waals surface area contributed by atoms with Gasteiger partial charge in [-0.3, -0.25) is 0 Å². The smallest absolute Gasteiger partial charge is 0.306 e. The first-order chi connectivity index (χ1) is 10.1. The van der Waals surface area contributed by atoms with Crippen molar-refractivity contribution in [3.63, 3.8) is 0 Å². The highest BCUT2D eigenvalue weighted by molar-refractivity contribution is 5.29. The minimum absolute atomic E-state index is 0.0335. The third-order valence-corrected chi connectivity index (χ3v) is 3.09. The molecule has 1 N–H and O–H groups in total. The van der Waals surface area contributed by atoms with E-state index in [1.54, 1.807) is 30.3 Å². The van der Waals surface area contributed by atoms with Crippen LogP contribution in [-0.2, 0) is 12.5 Å². The maximum Gasteiger partial charge on any atom is 0.306 e. The van der Waals surface area contributed by atoms with Crippen LogP contribution in [0.2, 0.25) is 0 Å². The van der Waals surface area contributed by atoms with Gasteiger partial charge in [0.2, 0.25) is 0 Å². The molecule has 0 saturated heterocycles. The molecule has 0 saturated carbocycles. The van der Waals surface area contributed by atoms with E-state index in [0.29, 0.717) is 12.3 Å². The molecule has 2 aromatic rings. The molecule has 0 amide bonds. The van der Waals surface area contributed by atoms with E-state index in [4.69, 9.17) is 4.74 Å². The van der Waals surface area contributed by atoms with Gasteiger partial charge in [-0.25, -0.2) is 0 Å². The molecule has 0 spiro atoms. The van der Waals surface area contributed by atoms with E-state index in [2.05, 4.69) is 5.32 Å². The van der Waals surface area contributed by atoms with Gasteiger partial charge < -0.3 is 10.1 Å². The van der Waals surface area contributed by atoms with E-state index in [9.17, 15) is 8.78 Å².